The summed E-state index contributed by atoms with van der Waals surface area (Å²) in [5.74, 6) is -0.689. The van der Waals surface area contributed by atoms with E-state index in [9.17, 15) is 24.3 Å². The molecule has 0 saturated carbocycles. The van der Waals surface area contributed by atoms with E-state index >= 15 is 0 Å². The predicted octanol–water partition coefficient (Wildman–Crippen LogP) is 2.87. The van der Waals surface area contributed by atoms with Gasteiger partial charge in [0.1, 0.15) is 12.1 Å². The number of fused-ring (bicyclic) bond motifs is 24. The fourth-order valence-corrected chi connectivity index (χ4v) is 6.08. The number of pyridine rings is 1. The highest BCUT2D eigenvalue weighted by Gasteiger charge is 2.30. The van der Waals surface area contributed by atoms with Crippen LogP contribution >= 0.6 is 0 Å². The molecular formula is C39H54N6O7. The molecule has 0 aliphatic carbocycles. The van der Waals surface area contributed by atoms with E-state index in [-0.39, 0.29) is 30.8 Å². The zero-order valence-electron chi connectivity index (χ0n) is 30.8. The van der Waals surface area contributed by atoms with Crippen molar-refractivity contribution in [3.63, 3.8) is 0 Å². The highest BCUT2D eigenvalue weighted by Crippen LogP contribution is 2.28. The van der Waals surface area contributed by atoms with Gasteiger partial charge in [-0.1, -0.05) is 44.2 Å². The van der Waals surface area contributed by atoms with Crippen molar-refractivity contribution in [2.24, 2.45) is 5.92 Å². The molecule has 0 spiro atoms. The van der Waals surface area contributed by atoms with Gasteiger partial charge in [-0.15, -0.1) is 0 Å². The molecule has 13 heteroatoms. The third-order valence-electron chi connectivity index (χ3n) is 8.86. The number of aryl methyl sites for hydroxylation is 1. The van der Waals surface area contributed by atoms with E-state index in [0.717, 1.165) is 35.1 Å². The minimum absolute atomic E-state index is 0.0747. The Bertz CT molecular complexity index is 1650. The van der Waals surface area contributed by atoms with E-state index in [1.54, 1.807) is 18.2 Å². The Morgan fingerprint density at radius 1 is 0.885 bits per heavy atom. The molecule has 3 heterocycles. The van der Waals surface area contributed by atoms with Crippen LogP contribution in [0.15, 0.2) is 54.6 Å². The summed E-state index contributed by atoms with van der Waals surface area (Å²) in [6.45, 7) is 8.02. The summed E-state index contributed by atoms with van der Waals surface area (Å²) in [7, 11) is 1.51. The number of hydrogen-bond acceptors (Lipinski definition) is 9. The van der Waals surface area contributed by atoms with Gasteiger partial charge in [-0.3, -0.25) is 29.1 Å². The van der Waals surface area contributed by atoms with Crippen LogP contribution in [0.4, 0.5) is 0 Å². The molecule has 0 fully saturated rings. The van der Waals surface area contributed by atoms with E-state index in [0.29, 0.717) is 63.4 Å². The zero-order valence-corrected chi connectivity index (χ0v) is 30.8. The van der Waals surface area contributed by atoms with E-state index in [1.807, 2.05) is 44.2 Å². The molecular weight excluding hydrogens is 664 g/mol. The van der Waals surface area contributed by atoms with E-state index in [2.05, 4.69) is 32.2 Å². The van der Waals surface area contributed by atoms with Gasteiger partial charge in [0.15, 0.2) is 18.1 Å². The molecule has 52 heavy (non-hydrogen) atoms. The molecule has 1 aromatic heterocycles. The normalized spacial score (nSPS) is 20.3. The average Bonchev–Trinajstić information content (AvgIpc) is 3.12. The van der Waals surface area contributed by atoms with Crippen molar-refractivity contribution in [2.75, 3.05) is 39.9 Å². The number of aromatic nitrogens is 1. The van der Waals surface area contributed by atoms with Crippen LogP contribution < -0.4 is 30.7 Å². The molecule has 13 nitrogen and oxygen atoms in total. The molecule has 2 bridgehead atoms. The van der Waals surface area contributed by atoms with Crippen molar-refractivity contribution in [3.05, 3.63) is 65.9 Å². The first-order valence-corrected chi connectivity index (χ1v) is 18.2. The van der Waals surface area contributed by atoms with Crippen LogP contribution in [0.25, 0.3) is 10.9 Å². The van der Waals surface area contributed by atoms with E-state index in [1.165, 1.54) is 14.0 Å². The fourth-order valence-electron chi connectivity index (χ4n) is 6.08. The summed E-state index contributed by atoms with van der Waals surface area (Å²) in [6, 6.07) is 15.3. The van der Waals surface area contributed by atoms with Gasteiger partial charge in [-0.05, 0) is 81.3 Å². The number of hydrogen-bond donors (Lipinski definition) is 5. The molecule has 0 unspecified atom stereocenters. The molecule has 0 saturated heterocycles. The standard InChI is InChI=1S/C39H54N6O7/c1-26(2)22-32-38(49)44-37(27(3)46)39(50)41-18-7-8-20-45(24-30-15-14-29-10-5-6-11-31(29)42-30)21-9-19-40-36(48)25-52-33-16-12-28(23-34(33)51-4)13-17-35(47)43-32/h5-6,10-12,14-16,23,26-27,32,37,46H,7-9,13,17-22,24-25H2,1-4H3,(H,40,48)(H,41,50)(H,43,47)(H,44,49)/t27-,32-,37+/m1/s1. The molecule has 5 N–H and O–H groups in total. The Labute approximate surface area is 306 Å². The number of carbonyl (C=O) groups is 4. The molecule has 0 radical (unpaired) electrons. The quantitative estimate of drug-likeness (QED) is 0.241. The van der Waals surface area contributed by atoms with Gasteiger partial charge in [0.25, 0.3) is 5.91 Å². The van der Waals surface area contributed by atoms with Gasteiger partial charge in [0.2, 0.25) is 17.7 Å². The summed E-state index contributed by atoms with van der Waals surface area (Å²) >= 11 is 0. The molecule has 2 aliphatic rings. The maximum Gasteiger partial charge on any atom is 0.257 e. The number of aliphatic hydroxyl groups excluding tert-OH is 1. The second kappa shape index (κ2) is 20.3. The predicted molar refractivity (Wildman–Crippen MR) is 199 cm³/mol. The Hall–Kier alpha value is -4.75. The maximum atomic E-state index is 13.4. The summed E-state index contributed by atoms with van der Waals surface area (Å²) in [5.41, 5.74) is 2.67. The number of amides is 4. The van der Waals surface area contributed by atoms with Gasteiger partial charge in [-0.2, -0.15) is 0 Å². The third kappa shape index (κ3) is 12.8. The summed E-state index contributed by atoms with van der Waals surface area (Å²) in [4.78, 5) is 59.3. The van der Waals surface area contributed by atoms with E-state index in [4.69, 9.17) is 14.5 Å². The second-order valence-corrected chi connectivity index (χ2v) is 13.7. The Morgan fingerprint density at radius 2 is 1.65 bits per heavy atom. The van der Waals surface area contributed by atoms with Gasteiger partial charge in [0, 0.05) is 38.0 Å². The first kappa shape index (κ1) is 40.0. The number of carbonyl (C=O) groups excluding carboxylic acids is 4. The average molecular weight is 719 g/mol. The van der Waals surface area contributed by atoms with Crippen LogP contribution in [0.5, 0.6) is 11.5 Å². The zero-order chi connectivity index (χ0) is 37.5. The number of para-hydroxylation sites is 1. The number of methoxy groups -OCH3 is 1. The third-order valence-corrected chi connectivity index (χ3v) is 8.86. The van der Waals surface area contributed by atoms with Crippen molar-refractivity contribution >= 4 is 34.5 Å². The lowest BCUT2D eigenvalue weighted by molar-refractivity contribution is -0.134. The molecule has 2 aromatic carbocycles. The van der Waals surface area contributed by atoms with Crippen LogP contribution in [-0.4, -0.2) is 96.7 Å². The van der Waals surface area contributed by atoms with Gasteiger partial charge in [-0.25, -0.2) is 0 Å². The van der Waals surface area contributed by atoms with Crippen LogP contribution in [0.1, 0.15) is 64.1 Å². The lowest BCUT2D eigenvalue weighted by Gasteiger charge is -2.26. The van der Waals surface area contributed by atoms with Crippen LogP contribution in [0, 0.1) is 5.92 Å². The minimum atomic E-state index is -1.18. The summed E-state index contributed by atoms with van der Waals surface area (Å²) in [5, 5.41) is 22.8. The number of ether oxygens (including phenoxy) is 2. The van der Waals surface area contributed by atoms with E-state index < -0.39 is 30.0 Å². The molecule has 3 atom stereocenters. The molecule has 5 rings (SSSR count). The Kier molecular flexibility index (Phi) is 15.6. The summed E-state index contributed by atoms with van der Waals surface area (Å²) in [6.07, 6.45) is 1.80. The van der Waals surface area contributed by atoms with Crippen LogP contribution in [0.2, 0.25) is 0 Å². The van der Waals surface area contributed by atoms with Gasteiger partial charge >= 0.3 is 0 Å². The van der Waals surface area contributed by atoms with Crippen molar-refractivity contribution in [2.45, 2.75) is 84.0 Å². The van der Waals surface area contributed by atoms with Gasteiger partial charge in [0.05, 0.1) is 24.4 Å². The molecule has 2 aliphatic heterocycles. The lowest BCUT2D eigenvalue weighted by Crippen LogP contribution is -2.57. The maximum absolute atomic E-state index is 13.4. The Balaban J connectivity index is 1.48. The highest BCUT2D eigenvalue weighted by atomic mass is 16.5. The molecule has 4 amide bonds. The Morgan fingerprint density at radius 3 is 2.42 bits per heavy atom. The number of benzene rings is 2. The fraction of sp³-hybridized carbons (Fsp3) is 0.513. The number of rotatable bonds is 6. The number of aliphatic hydroxyl groups is 1. The van der Waals surface area contributed by atoms with Crippen LogP contribution in [0.3, 0.4) is 0 Å². The highest BCUT2D eigenvalue weighted by molar-refractivity contribution is 5.92. The van der Waals surface area contributed by atoms with Crippen molar-refractivity contribution in [1.29, 1.82) is 0 Å². The van der Waals surface area contributed by atoms with Crippen molar-refractivity contribution < 1.29 is 33.8 Å². The molecule has 282 valence electrons. The van der Waals surface area contributed by atoms with Crippen molar-refractivity contribution in [1.82, 2.24) is 31.2 Å². The smallest absolute Gasteiger partial charge is 0.257 e. The first-order chi connectivity index (χ1) is 25.0. The van der Waals surface area contributed by atoms with Gasteiger partial charge < -0.3 is 35.8 Å². The largest absolute Gasteiger partial charge is 0.493 e. The summed E-state index contributed by atoms with van der Waals surface area (Å²) < 4.78 is 11.3. The lowest BCUT2D eigenvalue weighted by atomic mass is 10.0. The topological polar surface area (TPSA) is 171 Å². The second-order valence-electron chi connectivity index (χ2n) is 13.7. The number of nitrogens with one attached hydrogen (secondary N) is 4. The van der Waals surface area contributed by atoms with Crippen LogP contribution in [-0.2, 0) is 32.1 Å². The minimum Gasteiger partial charge on any atom is -0.493 e. The van der Waals surface area contributed by atoms with Crippen molar-refractivity contribution in [3.8, 4) is 11.5 Å². The molecule has 3 aromatic rings. The SMILES string of the molecule is COc1cc2ccc1OCC(=O)NCCCN(Cc1ccc3ccccc3n1)CCCCNC(=O)[C@H]([C@@H](C)O)NC(=O)[C@@H](CC(C)C)NC(=O)CC2. The number of nitrogens with zero attached hydrogens (tertiary/aromatic N) is 2. The first-order valence-electron chi connectivity index (χ1n) is 18.2. The monoisotopic (exact) mass is 718 g/mol.